The Labute approximate surface area is 96.3 Å². The number of amides is 1. The quantitative estimate of drug-likeness (QED) is 0.766. The lowest BCUT2D eigenvalue weighted by Crippen LogP contribution is -2.27. The number of hydrogen-bond donors (Lipinski definition) is 1. The highest BCUT2D eigenvalue weighted by atomic mass is 32.2. The molecule has 2 heterocycles. The number of aromatic nitrogens is 2. The third kappa shape index (κ3) is 2.54. The highest BCUT2D eigenvalue weighted by Gasteiger charge is 2.34. The molecule has 1 aromatic rings. The molecule has 1 aromatic heterocycles. The zero-order valence-corrected chi connectivity index (χ0v) is 9.87. The van der Waals surface area contributed by atoms with E-state index in [4.69, 9.17) is 5.14 Å². The molecule has 1 fully saturated rings. The minimum Gasteiger partial charge on any atom is -0.286 e. The fourth-order valence-electron chi connectivity index (χ4n) is 1.69. The van der Waals surface area contributed by atoms with Crippen molar-refractivity contribution in [3.63, 3.8) is 0 Å². The molecule has 0 bridgehead atoms. The van der Waals surface area contributed by atoms with Gasteiger partial charge in [0.2, 0.25) is 21.1 Å². The zero-order valence-electron chi connectivity index (χ0n) is 8.24. The first kappa shape index (κ1) is 11.4. The van der Waals surface area contributed by atoms with Crippen molar-refractivity contribution in [2.45, 2.75) is 6.42 Å². The van der Waals surface area contributed by atoms with Crippen molar-refractivity contribution >= 4 is 32.4 Å². The van der Waals surface area contributed by atoms with E-state index in [0.29, 0.717) is 11.7 Å². The van der Waals surface area contributed by atoms with Gasteiger partial charge in [0.1, 0.15) is 5.51 Å². The molecule has 1 amide bonds. The first-order chi connectivity index (χ1) is 7.46. The van der Waals surface area contributed by atoms with E-state index in [0.717, 1.165) is 0 Å². The lowest BCUT2D eigenvalue weighted by Gasteiger charge is -2.11. The highest BCUT2D eigenvalue weighted by molar-refractivity contribution is 7.89. The van der Waals surface area contributed by atoms with E-state index < -0.39 is 10.0 Å². The smallest absolute Gasteiger partial charge is 0.229 e. The molecule has 7 nitrogen and oxygen atoms in total. The highest BCUT2D eigenvalue weighted by Crippen LogP contribution is 2.26. The summed E-state index contributed by atoms with van der Waals surface area (Å²) in [6, 6.07) is 0. The molecule has 0 radical (unpaired) electrons. The SMILES string of the molecule is NS(=O)(=O)CC1CC(=O)N(c2nncs2)C1. The molecule has 0 saturated carbocycles. The van der Waals surface area contributed by atoms with Crippen LogP contribution in [-0.4, -0.2) is 36.8 Å². The number of anilines is 1. The van der Waals surface area contributed by atoms with Crippen molar-refractivity contribution in [2.75, 3.05) is 17.2 Å². The third-order valence-electron chi connectivity index (χ3n) is 2.25. The van der Waals surface area contributed by atoms with Gasteiger partial charge in [0, 0.05) is 18.9 Å². The number of sulfonamides is 1. The Kier molecular flexibility index (Phi) is 2.91. The predicted octanol–water partition coefficient (Wildman–Crippen LogP) is -0.820. The van der Waals surface area contributed by atoms with Crippen LogP contribution in [0.15, 0.2) is 5.51 Å². The predicted molar refractivity (Wildman–Crippen MR) is 58.3 cm³/mol. The first-order valence-electron chi connectivity index (χ1n) is 4.53. The van der Waals surface area contributed by atoms with Crippen molar-refractivity contribution in [3.8, 4) is 0 Å². The van der Waals surface area contributed by atoms with Crippen LogP contribution in [-0.2, 0) is 14.8 Å². The maximum atomic E-state index is 11.6. The van der Waals surface area contributed by atoms with Gasteiger partial charge in [-0.1, -0.05) is 11.3 Å². The molecule has 9 heteroatoms. The van der Waals surface area contributed by atoms with Crippen molar-refractivity contribution < 1.29 is 13.2 Å². The summed E-state index contributed by atoms with van der Waals surface area (Å²) >= 11 is 1.25. The normalized spacial score (nSPS) is 21.7. The Morgan fingerprint density at radius 3 is 2.94 bits per heavy atom. The Bertz CT molecular complexity index is 484. The van der Waals surface area contributed by atoms with Crippen LogP contribution < -0.4 is 10.0 Å². The molecule has 1 aliphatic heterocycles. The Hall–Kier alpha value is -1.06. The summed E-state index contributed by atoms with van der Waals surface area (Å²) in [4.78, 5) is 13.1. The van der Waals surface area contributed by atoms with Gasteiger partial charge in [-0.3, -0.25) is 9.69 Å². The Balaban J connectivity index is 2.08. The van der Waals surface area contributed by atoms with E-state index in [-0.39, 0.29) is 24.0 Å². The molecule has 1 unspecified atom stereocenters. The van der Waals surface area contributed by atoms with Gasteiger partial charge in [0.25, 0.3) is 0 Å². The summed E-state index contributed by atoms with van der Waals surface area (Å²) in [6.07, 6.45) is 0.190. The fraction of sp³-hybridized carbons (Fsp3) is 0.571. The Morgan fingerprint density at radius 1 is 1.62 bits per heavy atom. The van der Waals surface area contributed by atoms with Gasteiger partial charge in [0.05, 0.1) is 5.75 Å². The molecule has 88 valence electrons. The van der Waals surface area contributed by atoms with E-state index in [2.05, 4.69) is 10.2 Å². The number of rotatable bonds is 3. The van der Waals surface area contributed by atoms with Gasteiger partial charge < -0.3 is 0 Å². The van der Waals surface area contributed by atoms with E-state index in [1.807, 2.05) is 0 Å². The van der Waals surface area contributed by atoms with Crippen molar-refractivity contribution in [1.82, 2.24) is 10.2 Å². The molecule has 16 heavy (non-hydrogen) atoms. The summed E-state index contributed by atoms with van der Waals surface area (Å²) in [6.45, 7) is 0.338. The lowest BCUT2D eigenvalue weighted by atomic mass is 10.1. The summed E-state index contributed by atoms with van der Waals surface area (Å²) < 4.78 is 21.8. The number of nitrogens with zero attached hydrogens (tertiary/aromatic N) is 3. The molecular formula is C7H10N4O3S2. The molecule has 2 N–H and O–H groups in total. The average molecular weight is 262 g/mol. The third-order valence-corrected chi connectivity index (χ3v) is 3.90. The lowest BCUT2D eigenvalue weighted by molar-refractivity contribution is -0.117. The second kappa shape index (κ2) is 4.07. The standard InChI is InChI=1S/C7H10N4O3S2/c8-16(13,14)3-5-1-6(12)11(2-5)7-10-9-4-15-7/h4-5H,1-3H2,(H2,8,13,14). The topological polar surface area (TPSA) is 106 Å². The van der Waals surface area contributed by atoms with Crippen molar-refractivity contribution in [1.29, 1.82) is 0 Å². The molecule has 2 rings (SSSR count). The Morgan fingerprint density at radius 2 is 2.38 bits per heavy atom. The fourth-order valence-corrected chi connectivity index (χ4v) is 3.16. The van der Waals surface area contributed by atoms with Crippen LogP contribution in [0.25, 0.3) is 0 Å². The van der Waals surface area contributed by atoms with E-state index >= 15 is 0 Å². The maximum Gasteiger partial charge on any atom is 0.229 e. The summed E-state index contributed by atoms with van der Waals surface area (Å²) in [5.41, 5.74) is 1.52. The van der Waals surface area contributed by atoms with Crippen LogP contribution in [0.2, 0.25) is 0 Å². The maximum absolute atomic E-state index is 11.6. The second-order valence-corrected chi connectivity index (χ2v) is 6.10. The summed E-state index contributed by atoms with van der Waals surface area (Å²) in [5, 5.41) is 12.8. The van der Waals surface area contributed by atoms with Crippen LogP contribution in [0.3, 0.4) is 0 Å². The molecule has 1 atom stereocenters. The van der Waals surface area contributed by atoms with Crippen LogP contribution in [0.4, 0.5) is 5.13 Å². The van der Waals surface area contributed by atoms with E-state index in [1.54, 1.807) is 0 Å². The number of carbonyl (C=O) groups is 1. The minimum absolute atomic E-state index is 0.134. The molecule has 1 saturated heterocycles. The van der Waals surface area contributed by atoms with Gasteiger partial charge in [0.15, 0.2) is 0 Å². The van der Waals surface area contributed by atoms with Crippen LogP contribution in [0.5, 0.6) is 0 Å². The van der Waals surface area contributed by atoms with Crippen LogP contribution >= 0.6 is 11.3 Å². The molecule has 1 aliphatic rings. The molecular weight excluding hydrogens is 252 g/mol. The van der Waals surface area contributed by atoms with Crippen LogP contribution in [0, 0.1) is 5.92 Å². The van der Waals surface area contributed by atoms with E-state index in [9.17, 15) is 13.2 Å². The summed E-state index contributed by atoms with van der Waals surface area (Å²) in [5.74, 6) is -0.564. The monoisotopic (exact) mass is 262 g/mol. The second-order valence-electron chi connectivity index (χ2n) is 3.63. The first-order valence-corrected chi connectivity index (χ1v) is 7.12. The van der Waals surface area contributed by atoms with Gasteiger partial charge >= 0.3 is 0 Å². The van der Waals surface area contributed by atoms with Crippen molar-refractivity contribution in [2.24, 2.45) is 11.1 Å². The number of carbonyl (C=O) groups excluding carboxylic acids is 1. The van der Waals surface area contributed by atoms with Crippen LogP contribution in [0.1, 0.15) is 6.42 Å². The van der Waals surface area contributed by atoms with Gasteiger partial charge in [-0.05, 0) is 0 Å². The van der Waals surface area contributed by atoms with E-state index in [1.165, 1.54) is 21.7 Å². The largest absolute Gasteiger partial charge is 0.286 e. The number of nitrogens with two attached hydrogens (primary N) is 1. The molecule has 0 aliphatic carbocycles. The van der Waals surface area contributed by atoms with Gasteiger partial charge in [-0.25, -0.2) is 13.6 Å². The number of hydrogen-bond acceptors (Lipinski definition) is 6. The summed E-state index contributed by atoms with van der Waals surface area (Å²) in [7, 11) is -3.53. The van der Waals surface area contributed by atoms with Crippen molar-refractivity contribution in [3.05, 3.63) is 5.51 Å². The van der Waals surface area contributed by atoms with Gasteiger partial charge in [-0.2, -0.15) is 0 Å². The number of primary sulfonamides is 1. The zero-order chi connectivity index (χ0) is 11.8. The minimum atomic E-state index is -3.53. The van der Waals surface area contributed by atoms with Gasteiger partial charge in [-0.15, -0.1) is 10.2 Å². The molecule has 0 spiro atoms. The molecule has 0 aromatic carbocycles. The average Bonchev–Trinajstić information content (AvgIpc) is 2.71.